The number of H-pyrrole nitrogens is 1. The summed E-state index contributed by atoms with van der Waals surface area (Å²) in [5, 5.41) is 79.7. The third-order valence-corrected chi connectivity index (χ3v) is 9.58. The molecule has 0 radical (unpaired) electrons. The van der Waals surface area contributed by atoms with E-state index in [9.17, 15) is 49.4 Å². The molecule has 1 unspecified atom stereocenters. The van der Waals surface area contributed by atoms with Crippen molar-refractivity contribution >= 4 is 42.9 Å². The maximum atomic E-state index is 12.4. The number of anilines is 4. The topological polar surface area (TPSA) is 358 Å². The van der Waals surface area contributed by atoms with Crippen LogP contribution in [0.2, 0.25) is 0 Å². The molecule has 23 heteroatoms. The summed E-state index contributed by atoms with van der Waals surface area (Å²) in [5.41, 5.74) is 6.85. The first kappa shape index (κ1) is 41.8. The Hall–Kier alpha value is -3.93. The third-order valence-electron chi connectivity index (χ3n) is 8.58. The fourth-order valence-corrected chi connectivity index (χ4v) is 6.62. The molecule has 0 saturated carbocycles. The smallest absolute Gasteiger partial charge is 0.473 e. The number of hydrogen-bond acceptors (Lipinski definition) is 18. The molecule has 12 atom stereocenters. The predicted octanol–water partition coefficient (Wildman–Crippen LogP) is -2.01. The monoisotopic (exact) mass is 776 g/mol. The number of carbonyl (C=O) groups is 2. The van der Waals surface area contributed by atoms with Gasteiger partial charge in [0.15, 0.2) is 18.2 Å². The Bertz CT molecular complexity index is 1670. The quantitative estimate of drug-likeness (QED) is 0.0685. The summed E-state index contributed by atoms with van der Waals surface area (Å²) in [5.74, 6) is -2.72. The van der Waals surface area contributed by atoms with Gasteiger partial charge in [-0.3, -0.25) is 23.6 Å². The number of phosphoric acid groups is 1. The van der Waals surface area contributed by atoms with Crippen molar-refractivity contribution in [3.8, 4) is 0 Å². The van der Waals surface area contributed by atoms with Crippen LogP contribution in [-0.2, 0) is 39.1 Å². The Balaban J connectivity index is 1.22. The molecule has 1 aromatic carbocycles. The van der Waals surface area contributed by atoms with Crippen LogP contribution in [-0.4, -0.2) is 143 Å². The largest absolute Gasteiger partial charge is 0.481 e. The first-order valence-corrected chi connectivity index (χ1v) is 17.9. The number of ether oxygens (including phenoxy) is 2. The number of nitrogens with one attached hydrogen (secondary N) is 4. The van der Waals surface area contributed by atoms with E-state index in [0.29, 0.717) is 11.4 Å². The van der Waals surface area contributed by atoms with Gasteiger partial charge in [-0.25, -0.2) is 9.36 Å². The summed E-state index contributed by atoms with van der Waals surface area (Å²) >= 11 is 0. The standard InChI is InChI=1S/C30H45N6O16P/c1-12(21-13(2)33-26-22(34-21)27(44)36-30(31)35-26)32-15-5-3-14(4-6-15)9-16(37)23(41)17(38)10-49-29-25(43)24(42)19(51-29)11-50-53(47,48)52-18(28(45)46)7-8-20(39)40/h3-6,12-13,16-19,21,23-25,29,32,34,37-38,41-43H,7-11H2,1-2H3,(H,39,40)(H,45,46)(H,47,48)(H4,31,33,35,36,44)/t12-,13+,16+,17-,18+,19-,21+,23+,24-,25-,29+/m1/s1. The van der Waals surface area contributed by atoms with Gasteiger partial charge in [-0.05, 0) is 38.0 Å². The molecular formula is C30H45N6O16P. The molecule has 2 aromatic rings. The minimum absolute atomic E-state index is 0.000402. The summed E-state index contributed by atoms with van der Waals surface area (Å²) < 4.78 is 32.0. The van der Waals surface area contributed by atoms with Gasteiger partial charge in [0.25, 0.3) is 5.56 Å². The summed E-state index contributed by atoms with van der Waals surface area (Å²) in [6.45, 7) is 2.27. The zero-order chi connectivity index (χ0) is 39.2. The molecular weight excluding hydrogens is 731 g/mol. The number of aliphatic carboxylic acids is 2. The molecule has 296 valence electrons. The maximum absolute atomic E-state index is 12.4. The number of aliphatic hydroxyl groups is 5. The number of aromatic nitrogens is 2. The van der Waals surface area contributed by atoms with Crippen molar-refractivity contribution < 1.29 is 73.3 Å². The Morgan fingerprint density at radius 2 is 1.77 bits per heavy atom. The number of hydrogen-bond donors (Lipinski definition) is 13. The molecule has 2 aliphatic heterocycles. The van der Waals surface area contributed by atoms with Gasteiger partial charge >= 0.3 is 19.8 Å². The number of phosphoric ester groups is 1. The van der Waals surface area contributed by atoms with Crippen LogP contribution < -0.4 is 27.2 Å². The van der Waals surface area contributed by atoms with E-state index >= 15 is 0 Å². The SMILES string of the molecule is C[C@@H]1Nc2nc(N)[nH]c(=O)c2N[C@H]1[C@@H](C)Nc1ccc(C[C@H](O)[C@H](O)[C@H](O)CO[C@H]2O[C@H](COP(=O)(O)O[C@@H](CCC(=O)O)C(=O)O)[C@@H](O)[C@H]2O)cc1. The third kappa shape index (κ3) is 11.3. The molecule has 2 aliphatic rings. The molecule has 0 aliphatic carbocycles. The van der Waals surface area contributed by atoms with Crippen molar-refractivity contribution in [2.75, 3.05) is 34.9 Å². The second kappa shape index (κ2) is 17.9. The lowest BCUT2D eigenvalue weighted by Gasteiger charge is -2.37. The average molecular weight is 777 g/mol. The van der Waals surface area contributed by atoms with Crippen molar-refractivity contribution in [1.82, 2.24) is 9.97 Å². The average Bonchev–Trinajstić information content (AvgIpc) is 3.35. The van der Waals surface area contributed by atoms with Crippen LogP contribution in [0.25, 0.3) is 0 Å². The normalized spacial score (nSPS) is 26.5. The van der Waals surface area contributed by atoms with E-state index in [0.717, 1.165) is 5.69 Å². The lowest BCUT2D eigenvalue weighted by molar-refractivity contribution is -0.192. The van der Waals surface area contributed by atoms with Crippen molar-refractivity contribution in [3.63, 3.8) is 0 Å². The van der Waals surface area contributed by atoms with Gasteiger partial charge < -0.3 is 71.8 Å². The second-order valence-corrected chi connectivity index (χ2v) is 14.1. The van der Waals surface area contributed by atoms with Gasteiger partial charge in [0.2, 0.25) is 5.95 Å². The highest BCUT2D eigenvalue weighted by molar-refractivity contribution is 7.47. The molecule has 1 fully saturated rings. The molecule has 0 spiro atoms. The molecule has 0 bridgehead atoms. The number of aliphatic hydroxyl groups excluding tert-OH is 5. The van der Waals surface area contributed by atoms with Crippen molar-refractivity contribution in [1.29, 1.82) is 0 Å². The zero-order valence-electron chi connectivity index (χ0n) is 28.5. The van der Waals surface area contributed by atoms with Crippen LogP contribution >= 0.6 is 7.82 Å². The van der Waals surface area contributed by atoms with Crippen LogP contribution in [0.4, 0.5) is 23.1 Å². The van der Waals surface area contributed by atoms with E-state index in [1.807, 2.05) is 13.8 Å². The van der Waals surface area contributed by atoms with Crippen molar-refractivity contribution in [2.24, 2.45) is 0 Å². The van der Waals surface area contributed by atoms with E-state index in [-0.39, 0.29) is 36.2 Å². The van der Waals surface area contributed by atoms with Gasteiger partial charge in [0.1, 0.15) is 36.2 Å². The van der Waals surface area contributed by atoms with E-state index in [2.05, 4.69) is 35.0 Å². The lowest BCUT2D eigenvalue weighted by atomic mass is 9.98. The van der Waals surface area contributed by atoms with Gasteiger partial charge in [0.05, 0.1) is 25.4 Å². The van der Waals surface area contributed by atoms with E-state index in [1.165, 1.54) is 0 Å². The fourth-order valence-electron chi connectivity index (χ4n) is 5.71. The first-order valence-electron chi connectivity index (χ1n) is 16.4. The molecule has 0 amide bonds. The first-order chi connectivity index (χ1) is 24.8. The number of nitrogens with two attached hydrogens (primary N) is 1. The van der Waals surface area contributed by atoms with Crippen molar-refractivity contribution in [2.45, 2.75) is 100 Å². The van der Waals surface area contributed by atoms with Gasteiger partial charge in [-0.1, -0.05) is 12.1 Å². The van der Waals surface area contributed by atoms with Crippen LogP contribution in [0.15, 0.2) is 29.1 Å². The van der Waals surface area contributed by atoms with Crippen LogP contribution in [0, 0.1) is 0 Å². The lowest BCUT2D eigenvalue weighted by Crippen LogP contribution is -2.51. The molecule has 1 saturated heterocycles. The number of carboxylic acids is 2. The Morgan fingerprint density at radius 3 is 2.42 bits per heavy atom. The molecule has 3 heterocycles. The maximum Gasteiger partial charge on any atom is 0.473 e. The van der Waals surface area contributed by atoms with E-state index < -0.39 is 100 Å². The van der Waals surface area contributed by atoms with Gasteiger partial charge in [-0.15, -0.1) is 0 Å². The molecule has 1 aromatic heterocycles. The minimum Gasteiger partial charge on any atom is -0.481 e. The van der Waals surface area contributed by atoms with Crippen LogP contribution in [0.3, 0.4) is 0 Å². The number of fused-ring (bicyclic) bond motifs is 1. The van der Waals surface area contributed by atoms with E-state index in [4.69, 9.17) is 25.4 Å². The number of nitrogen functional groups attached to an aromatic ring is 1. The number of benzene rings is 1. The second-order valence-electron chi connectivity index (χ2n) is 12.7. The summed E-state index contributed by atoms with van der Waals surface area (Å²) in [6.07, 6.45) is -14.9. The molecule has 14 N–H and O–H groups in total. The van der Waals surface area contributed by atoms with Gasteiger partial charge in [0, 0.05) is 30.6 Å². The number of nitrogens with zero attached hydrogens (tertiary/aromatic N) is 1. The summed E-state index contributed by atoms with van der Waals surface area (Å²) in [7, 11) is -5.11. The Morgan fingerprint density at radius 1 is 1.09 bits per heavy atom. The molecule has 4 rings (SSSR count). The highest BCUT2D eigenvalue weighted by atomic mass is 31.2. The highest BCUT2D eigenvalue weighted by Gasteiger charge is 2.45. The highest BCUT2D eigenvalue weighted by Crippen LogP contribution is 2.46. The van der Waals surface area contributed by atoms with Crippen LogP contribution in [0.1, 0.15) is 32.3 Å². The minimum atomic E-state index is -5.11. The van der Waals surface area contributed by atoms with Crippen LogP contribution in [0.5, 0.6) is 0 Å². The fraction of sp³-hybridized carbons (Fsp3) is 0.600. The van der Waals surface area contributed by atoms with Crippen molar-refractivity contribution in [3.05, 3.63) is 40.2 Å². The Kier molecular flexibility index (Phi) is 14.1. The summed E-state index contributed by atoms with van der Waals surface area (Å²) in [4.78, 5) is 50.8. The number of rotatable bonds is 19. The van der Waals surface area contributed by atoms with E-state index in [1.54, 1.807) is 24.3 Å². The Labute approximate surface area is 301 Å². The number of carboxylic acid groups (broad SMARTS) is 2. The number of aromatic amines is 1. The van der Waals surface area contributed by atoms with Gasteiger partial charge in [-0.2, -0.15) is 4.98 Å². The molecule has 53 heavy (non-hydrogen) atoms. The molecule has 22 nitrogen and oxygen atoms in total. The zero-order valence-corrected chi connectivity index (χ0v) is 29.4. The summed E-state index contributed by atoms with van der Waals surface area (Å²) in [6, 6.07) is 6.40. The predicted molar refractivity (Wildman–Crippen MR) is 183 cm³/mol.